The van der Waals surface area contributed by atoms with Crippen molar-refractivity contribution in [2.75, 3.05) is 11.9 Å². The first-order chi connectivity index (χ1) is 12.6. The van der Waals surface area contributed by atoms with Crippen LogP contribution in [0.1, 0.15) is 32.3 Å². The van der Waals surface area contributed by atoms with Crippen molar-refractivity contribution < 1.29 is 27.5 Å². The molecule has 0 bridgehead atoms. The first-order valence-electron chi connectivity index (χ1n) is 8.56. The zero-order valence-electron chi connectivity index (χ0n) is 15.2. The molecule has 2 aliphatic rings. The lowest BCUT2D eigenvalue weighted by Gasteiger charge is -2.25. The molecule has 1 fully saturated rings. The molecule has 1 aromatic carbocycles. The second-order valence-corrected chi connectivity index (χ2v) is 8.35. The first kappa shape index (κ1) is 19.2. The van der Waals surface area contributed by atoms with E-state index in [9.17, 15) is 22.8 Å². The highest BCUT2D eigenvalue weighted by molar-refractivity contribution is 7.90. The number of hydrogen-bond donors (Lipinski definition) is 2. The second-order valence-electron chi connectivity index (χ2n) is 6.70. The van der Waals surface area contributed by atoms with Crippen LogP contribution >= 0.6 is 0 Å². The lowest BCUT2D eigenvalue weighted by atomic mass is 10.1. The highest BCUT2D eigenvalue weighted by Crippen LogP contribution is 2.34. The van der Waals surface area contributed by atoms with Gasteiger partial charge in [-0.3, -0.25) is 14.4 Å². The summed E-state index contributed by atoms with van der Waals surface area (Å²) in [6.45, 7) is 4.88. The van der Waals surface area contributed by atoms with Crippen molar-refractivity contribution in [1.82, 2.24) is 9.62 Å². The summed E-state index contributed by atoms with van der Waals surface area (Å²) >= 11 is 0. The maximum atomic E-state index is 12.8. The van der Waals surface area contributed by atoms with Gasteiger partial charge in [-0.05, 0) is 38.3 Å². The minimum Gasteiger partial charge on any atom is -0.479 e. The number of nitrogens with zero attached hydrogens (tertiary/aromatic N) is 1. The van der Waals surface area contributed by atoms with E-state index in [0.29, 0.717) is 30.6 Å². The van der Waals surface area contributed by atoms with Crippen molar-refractivity contribution in [1.29, 1.82) is 0 Å². The number of sulfonamides is 1. The summed E-state index contributed by atoms with van der Waals surface area (Å²) in [5.41, 5.74) is 0.724. The molecule has 3 rings (SSSR count). The van der Waals surface area contributed by atoms with Crippen LogP contribution in [0.2, 0.25) is 0 Å². The fourth-order valence-electron chi connectivity index (χ4n) is 3.30. The quantitative estimate of drug-likeness (QED) is 0.770. The summed E-state index contributed by atoms with van der Waals surface area (Å²) < 4.78 is 33.0. The van der Waals surface area contributed by atoms with Gasteiger partial charge in [-0.25, -0.2) is 13.1 Å². The summed E-state index contributed by atoms with van der Waals surface area (Å²) in [7, 11) is -4.17. The molecule has 2 atom stereocenters. The zero-order valence-corrected chi connectivity index (χ0v) is 16.1. The summed E-state index contributed by atoms with van der Waals surface area (Å²) in [5.74, 6) is -1.11. The maximum Gasteiger partial charge on any atom is 0.265 e. The zero-order chi connectivity index (χ0) is 19.9. The van der Waals surface area contributed by atoms with Gasteiger partial charge in [-0.1, -0.05) is 0 Å². The number of carbonyl (C=O) groups is 3. The number of likely N-dealkylation sites (tertiary alicyclic amines) is 1. The molecule has 1 aromatic rings. The first-order valence-corrected chi connectivity index (χ1v) is 10.0. The molecule has 2 N–H and O–H groups in total. The highest BCUT2D eigenvalue weighted by atomic mass is 32.2. The van der Waals surface area contributed by atoms with Gasteiger partial charge in [0.1, 0.15) is 11.8 Å². The van der Waals surface area contributed by atoms with Crippen molar-refractivity contribution in [2.45, 2.75) is 50.7 Å². The van der Waals surface area contributed by atoms with E-state index in [2.05, 4.69) is 10.0 Å². The van der Waals surface area contributed by atoms with E-state index in [4.69, 9.17) is 4.74 Å². The monoisotopic (exact) mass is 395 g/mol. The molecule has 2 aliphatic heterocycles. The normalized spacial score (nSPS) is 21.9. The molecule has 0 unspecified atom stereocenters. The standard InChI is InChI=1S/C17H21N3O6S/c1-9-7-12-14(26-10(2)16(22)18-12)8-15(9)27(24,25)19-17(23)13-5-4-6-20(13)11(3)21/h7-8,10,13H,4-6H2,1-3H3,(H,18,22)(H,19,23)/t10-,13-/m1/s1. The summed E-state index contributed by atoms with van der Waals surface area (Å²) in [6.07, 6.45) is 0.297. The van der Waals surface area contributed by atoms with Crippen LogP contribution in [0.25, 0.3) is 0 Å². The number of fused-ring (bicyclic) bond motifs is 1. The third kappa shape index (κ3) is 3.61. The van der Waals surface area contributed by atoms with Gasteiger partial charge >= 0.3 is 0 Å². The molecule has 146 valence electrons. The van der Waals surface area contributed by atoms with Crippen LogP contribution in [0, 0.1) is 6.92 Å². The summed E-state index contributed by atoms with van der Waals surface area (Å²) in [5, 5.41) is 2.64. The molecule has 2 heterocycles. The molecule has 1 saturated heterocycles. The van der Waals surface area contributed by atoms with Crippen molar-refractivity contribution >= 4 is 33.4 Å². The van der Waals surface area contributed by atoms with Crippen LogP contribution in [0.4, 0.5) is 5.69 Å². The minimum atomic E-state index is -4.17. The molecule has 10 heteroatoms. The van der Waals surface area contributed by atoms with Crippen LogP contribution in [-0.2, 0) is 24.4 Å². The van der Waals surface area contributed by atoms with Crippen LogP contribution in [-0.4, -0.2) is 49.7 Å². The number of rotatable bonds is 3. The molecule has 0 saturated carbocycles. The van der Waals surface area contributed by atoms with Gasteiger partial charge in [0.2, 0.25) is 5.91 Å². The molecule has 0 aliphatic carbocycles. The number of hydrogen-bond acceptors (Lipinski definition) is 6. The van der Waals surface area contributed by atoms with Gasteiger partial charge in [0.25, 0.3) is 21.8 Å². The van der Waals surface area contributed by atoms with Gasteiger partial charge in [0, 0.05) is 19.5 Å². The average Bonchev–Trinajstić information content (AvgIpc) is 3.05. The second kappa shape index (κ2) is 6.84. The van der Waals surface area contributed by atoms with Crippen LogP contribution in [0.5, 0.6) is 5.75 Å². The Bertz CT molecular complexity index is 927. The van der Waals surface area contributed by atoms with E-state index < -0.39 is 28.1 Å². The van der Waals surface area contributed by atoms with E-state index in [1.54, 1.807) is 13.8 Å². The van der Waals surface area contributed by atoms with Crippen LogP contribution in [0.15, 0.2) is 17.0 Å². The lowest BCUT2D eigenvalue weighted by molar-refractivity contribution is -0.136. The Kier molecular flexibility index (Phi) is 4.85. The van der Waals surface area contributed by atoms with Gasteiger partial charge in [-0.2, -0.15) is 0 Å². The maximum absolute atomic E-state index is 12.8. The van der Waals surface area contributed by atoms with E-state index in [0.717, 1.165) is 0 Å². The van der Waals surface area contributed by atoms with Gasteiger partial charge in [-0.15, -0.1) is 0 Å². The molecule has 0 radical (unpaired) electrons. The average molecular weight is 395 g/mol. The fraction of sp³-hybridized carbons (Fsp3) is 0.471. The number of ether oxygens (including phenoxy) is 1. The molecule has 9 nitrogen and oxygen atoms in total. The lowest BCUT2D eigenvalue weighted by Crippen LogP contribution is -2.47. The van der Waals surface area contributed by atoms with E-state index in [-0.39, 0.29) is 22.5 Å². The Labute approximate surface area is 157 Å². The van der Waals surface area contributed by atoms with Crippen molar-refractivity contribution in [2.24, 2.45) is 0 Å². The SMILES string of the molecule is CC(=O)N1CCC[C@@H]1C(=O)NS(=O)(=O)c1cc2c(cc1C)NC(=O)[C@@H](C)O2. The van der Waals surface area contributed by atoms with Crippen LogP contribution < -0.4 is 14.8 Å². The summed E-state index contributed by atoms with van der Waals surface area (Å²) in [4.78, 5) is 37.0. The van der Waals surface area contributed by atoms with E-state index >= 15 is 0 Å². The Morgan fingerprint density at radius 1 is 1.33 bits per heavy atom. The minimum absolute atomic E-state index is 0.120. The largest absolute Gasteiger partial charge is 0.479 e. The Morgan fingerprint density at radius 3 is 2.70 bits per heavy atom. The van der Waals surface area contributed by atoms with Gasteiger partial charge < -0.3 is 15.0 Å². The third-order valence-electron chi connectivity index (χ3n) is 4.69. The Morgan fingerprint density at radius 2 is 2.04 bits per heavy atom. The number of nitrogens with one attached hydrogen (secondary N) is 2. The molecule has 3 amide bonds. The smallest absolute Gasteiger partial charge is 0.265 e. The number of benzene rings is 1. The molecular formula is C17H21N3O6S. The van der Waals surface area contributed by atoms with Crippen molar-refractivity contribution in [3.8, 4) is 5.75 Å². The number of amides is 3. The number of carbonyl (C=O) groups excluding carboxylic acids is 3. The van der Waals surface area contributed by atoms with E-state index in [1.165, 1.54) is 24.0 Å². The molecule has 0 spiro atoms. The number of aryl methyl sites for hydroxylation is 1. The van der Waals surface area contributed by atoms with Gasteiger partial charge in [0.15, 0.2) is 6.10 Å². The van der Waals surface area contributed by atoms with E-state index in [1.807, 2.05) is 0 Å². The van der Waals surface area contributed by atoms with Crippen molar-refractivity contribution in [3.05, 3.63) is 17.7 Å². The predicted octanol–water partition coefficient (Wildman–Crippen LogP) is 0.530. The summed E-state index contributed by atoms with van der Waals surface area (Å²) in [6, 6.07) is 1.97. The topological polar surface area (TPSA) is 122 Å². The molecular weight excluding hydrogens is 374 g/mol. The number of anilines is 1. The third-order valence-corrected chi connectivity index (χ3v) is 6.18. The van der Waals surface area contributed by atoms with Gasteiger partial charge in [0.05, 0.1) is 10.6 Å². The predicted molar refractivity (Wildman–Crippen MR) is 95.6 cm³/mol. The van der Waals surface area contributed by atoms with Crippen molar-refractivity contribution in [3.63, 3.8) is 0 Å². The fourth-order valence-corrected chi connectivity index (χ4v) is 4.56. The Balaban J connectivity index is 1.87. The molecule has 27 heavy (non-hydrogen) atoms. The van der Waals surface area contributed by atoms with Crippen LogP contribution in [0.3, 0.4) is 0 Å². The molecule has 0 aromatic heterocycles. The highest BCUT2D eigenvalue weighted by Gasteiger charge is 2.35. The Hall–Kier alpha value is -2.62.